The highest BCUT2D eigenvalue weighted by Crippen LogP contribution is 2.63. The van der Waals surface area contributed by atoms with Crippen molar-refractivity contribution < 1.29 is 4.74 Å². The van der Waals surface area contributed by atoms with E-state index < -0.39 is 0 Å². The van der Waals surface area contributed by atoms with Gasteiger partial charge in [0.1, 0.15) is 0 Å². The van der Waals surface area contributed by atoms with Gasteiger partial charge >= 0.3 is 0 Å². The molecule has 0 saturated carbocycles. The molecule has 0 atom stereocenters. The van der Waals surface area contributed by atoms with Crippen LogP contribution in [-0.4, -0.2) is 0 Å². The van der Waals surface area contributed by atoms with E-state index in [1.807, 2.05) is 0 Å². The Kier molecular flexibility index (Phi) is 7.25. The molecular weight excluding hydrogens is 693 g/mol. The number of hydrogen-bond acceptors (Lipinski definition) is 3. The summed E-state index contributed by atoms with van der Waals surface area (Å²) in [5, 5.41) is 0. The quantitative estimate of drug-likeness (QED) is 0.175. The molecule has 2 aliphatic heterocycles. The molecule has 8 aromatic carbocycles. The lowest BCUT2D eigenvalue weighted by atomic mass is 9.72. The Balaban J connectivity index is 1.14. The summed E-state index contributed by atoms with van der Waals surface area (Å²) < 4.78 is 7.17. The van der Waals surface area contributed by atoms with E-state index in [1.54, 1.807) is 0 Å². The van der Waals surface area contributed by atoms with Crippen molar-refractivity contribution in [3.63, 3.8) is 0 Å². The summed E-state index contributed by atoms with van der Waals surface area (Å²) in [6.45, 7) is 9.41. The summed E-state index contributed by atoms with van der Waals surface area (Å²) in [5.41, 5.74) is 18.7. The highest BCUT2D eigenvalue weighted by molar-refractivity contribution is 5.99. The second-order valence-corrected chi connectivity index (χ2v) is 16.6. The predicted octanol–water partition coefficient (Wildman–Crippen LogP) is 15.0. The topological polar surface area (TPSA) is 15.7 Å². The number of nitrogens with zero attached hydrogens (tertiary/aromatic N) is 2. The molecule has 0 aromatic heterocycles. The number of rotatable bonds is 5. The van der Waals surface area contributed by atoms with Gasteiger partial charge in [0.15, 0.2) is 11.5 Å². The van der Waals surface area contributed by atoms with Crippen LogP contribution in [0.15, 0.2) is 182 Å². The molecule has 1 aliphatic carbocycles. The molecule has 3 aliphatic rings. The molecule has 0 unspecified atom stereocenters. The smallest absolute Gasteiger partial charge is 0.175 e. The van der Waals surface area contributed by atoms with Gasteiger partial charge < -0.3 is 14.5 Å². The third kappa shape index (κ3) is 4.98. The maximum atomic E-state index is 7.17. The Hall–Kier alpha value is -6.84. The van der Waals surface area contributed by atoms with Gasteiger partial charge in [-0.3, -0.25) is 0 Å². The minimum Gasteiger partial charge on any atom is -0.451 e. The fourth-order valence-electron chi connectivity index (χ4n) is 9.65. The fourth-order valence-corrected chi connectivity index (χ4v) is 9.65. The molecule has 11 rings (SSSR count). The van der Waals surface area contributed by atoms with Crippen LogP contribution >= 0.6 is 0 Å². The van der Waals surface area contributed by atoms with Crippen LogP contribution in [0.2, 0.25) is 0 Å². The highest BCUT2D eigenvalue weighted by Gasteiger charge is 2.44. The van der Waals surface area contributed by atoms with Gasteiger partial charge in [0.05, 0.1) is 22.7 Å². The fraction of sp³-hybridized carbons (Fsp3) is 0.111. The van der Waals surface area contributed by atoms with Crippen molar-refractivity contribution in [3.05, 3.63) is 204 Å². The zero-order valence-electron chi connectivity index (χ0n) is 32.6. The lowest BCUT2D eigenvalue weighted by Gasteiger charge is -2.46. The second kappa shape index (κ2) is 12.3. The summed E-state index contributed by atoms with van der Waals surface area (Å²) in [4.78, 5) is 4.85. The summed E-state index contributed by atoms with van der Waals surface area (Å²) in [6.07, 6.45) is 0. The molecule has 0 amide bonds. The minimum atomic E-state index is -0.305. The molecule has 8 aromatic rings. The van der Waals surface area contributed by atoms with Crippen LogP contribution in [-0.2, 0) is 10.8 Å². The number of para-hydroxylation sites is 2. The molecule has 0 radical (unpaired) electrons. The largest absolute Gasteiger partial charge is 0.451 e. The summed E-state index contributed by atoms with van der Waals surface area (Å²) in [6, 6.07) is 66.2. The Morgan fingerprint density at radius 1 is 0.421 bits per heavy atom. The molecule has 0 spiro atoms. The summed E-state index contributed by atoms with van der Waals surface area (Å²) in [5.74, 6) is 1.69. The van der Waals surface area contributed by atoms with Crippen molar-refractivity contribution in [2.45, 2.75) is 38.5 Å². The predicted molar refractivity (Wildman–Crippen MR) is 236 cm³/mol. The van der Waals surface area contributed by atoms with Crippen LogP contribution in [0.5, 0.6) is 11.5 Å². The van der Waals surface area contributed by atoms with Crippen molar-refractivity contribution in [2.75, 3.05) is 9.80 Å². The highest BCUT2D eigenvalue weighted by atomic mass is 16.5. The Labute approximate surface area is 335 Å². The average molecular weight is 735 g/mol. The van der Waals surface area contributed by atoms with Crippen molar-refractivity contribution in [3.8, 4) is 44.9 Å². The molecule has 3 nitrogen and oxygen atoms in total. The Morgan fingerprint density at radius 2 is 1.02 bits per heavy atom. The number of ether oxygens (including phenoxy) is 1. The van der Waals surface area contributed by atoms with E-state index in [-0.39, 0.29) is 10.8 Å². The Bertz CT molecular complexity index is 2870. The molecule has 0 fully saturated rings. The maximum absolute atomic E-state index is 7.17. The van der Waals surface area contributed by atoms with Crippen LogP contribution in [0, 0.1) is 0 Å². The molecule has 0 N–H and O–H groups in total. The molecule has 57 heavy (non-hydrogen) atoms. The lowest BCUT2D eigenvalue weighted by Crippen LogP contribution is -2.33. The SMILES string of the molecule is CC1(C)c2ccccc2-c2ccc(N(c3ccc(-c4ccccc4)cc3)c3ccc4c5c3Oc3ccccc3N5c3ccc(-c5ccccc5)cc3C4(C)C)cc21. The van der Waals surface area contributed by atoms with E-state index in [4.69, 9.17) is 4.74 Å². The van der Waals surface area contributed by atoms with Gasteiger partial charge in [-0.2, -0.15) is 0 Å². The molecule has 3 heteroatoms. The third-order valence-corrected chi connectivity index (χ3v) is 12.6. The van der Waals surface area contributed by atoms with Gasteiger partial charge in [0.25, 0.3) is 0 Å². The lowest BCUT2D eigenvalue weighted by molar-refractivity contribution is 0.472. The first-order chi connectivity index (χ1) is 27.8. The standard InChI is InChI=1S/C54H42N2O/c1-53(2)43-20-12-11-19-41(43)42-29-28-40(34-45(42)53)55(39-26-23-37(24-27-39)35-15-7-5-8-16-35)49-32-30-44-51-52(49)57-50-22-14-13-21-48(50)56(51)47-31-25-38(33-46(47)54(44,3)4)36-17-9-6-10-18-36/h5-34H,1-4H3. The van der Waals surface area contributed by atoms with Crippen molar-refractivity contribution in [1.29, 1.82) is 0 Å². The van der Waals surface area contributed by atoms with Gasteiger partial charge in [-0.15, -0.1) is 0 Å². The second-order valence-electron chi connectivity index (χ2n) is 16.6. The monoisotopic (exact) mass is 734 g/mol. The first-order valence-electron chi connectivity index (χ1n) is 19.9. The number of anilines is 6. The molecule has 0 saturated heterocycles. The van der Waals surface area contributed by atoms with Crippen LogP contribution in [0.1, 0.15) is 49.9 Å². The molecule has 2 heterocycles. The van der Waals surface area contributed by atoms with Crippen LogP contribution in [0.3, 0.4) is 0 Å². The maximum Gasteiger partial charge on any atom is 0.175 e. The number of hydrogen-bond donors (Lipinski definition) is 0. The molecule has 274 valence electrons. The third-order valence-electron chi connectivity index (χ3n) is 12.6. The minimum absolute atomic E-state index is 0.145. The van der Waals surface area contributed by atoms with Gasteiger partial charge in [0, 0.05) is 22.2 Å². The molecular formula is C54H42N2O. The van der Waals surface area contributed by atoms with Gasteiger partial charge in [-0.25, -0.2) is 0 Å². The van der Waals surface area contributed by atoms with Gasteiger partial charge in [0.2, 0.25) is 0 Å². The number of fused-ring (bicyclic) bond motifs is 7. The van der Waals surface area contributed by atoms with E-state index in [0.717, 1.165) is 39.9 Å². The zero-order chi connectivity index (χ0) is 38.5. The van der Waals surface area contributed by atoms with Crippen LogP contribution in [0.25, 0.3) is 33.4 Å². The van der Waals surface area contributed by atoms with E-state index in [0.29, 0.717) is 0 Å². The van der Waals surface area contributed by atoms with E-state index in [1.165, 1.54) is 61.3 Å². The first kappa shape index (κ1) is 33.5. The van der Waals surface area contributed by atoms with E-state index in [9.17, 15) is 0 Å². The first-order valence-corrected chi connectivity index (χ1v) is 19.9. The normalized spacial score (nSPS) is 14.7. The van der Waals surface area contributed by atoms with Gasteiger partial charge in [-0.1, -0.05) is 155 Å². The van der Waals surface area contributed by atoms with E-state index >= 15 is 0 Å². The average Bonchev–Trinajstić information content (AvgIpc) is 3.48. The number of benzene rings is 8. The van der Waals surface area contributed by atoms with Crippen molar-refractivity contribution in [2.24, 2.45) is 0 Å². The van der Waals surface area contributed by atoms with Crippen LogP contribution in [0.4, 0.5) is 34.1 Å². The molecule has 0 bridgehead atoms. The summed E-state index contributed by atoms with van der Waals surface area (Å²) in [7, 11) is 0. The summed E-state index contributed by atoms with van der Waals surface area (Å²) >= 11 is 0. The zero-order valence-corrected chi connectivity index (χ0v) is 32.6. The van der Waals surface area contributed by atoms with Gasteiger partial charge in [-0.05, 0) is 110 Å². The van der Waals surface area contributed by atoms with E-state index in [2.05, 4.69) is 219 Å². The van der Waals surface area contributed by atoms with Crippen molar-refractivity contribution in [1.82, 2.24) is 0 Å². The Morgan fingerprint density at radius 3 is 1.79 bits per heavy atom. The van der Waals surface area contributed by atoms with Crippen LogP contribution < -0.4 is 14.5 Å². The van der Waals surface area contributed by atoms with Crippen molar-refractivity contribution >= 4 is 34.1 Å².